The highest BCUT2D eigenvalue weighted by Gasteiger charge is 2.44. The molecule has 1 aromatic carbocycles. The van der Waals surface area contributed by atoms with Gasteiger partial charge in [-0.25, -0.2) is 0 Å². The molecule has 0 bridgehead atoms. The van der Waals surface area contributed by atoms with Crippen molar-refractivity contribution in [3.05, 3.63) is 34.9 Å². The van der Waals surface area contributed by atoms with Gasteiger partial charge >= 0.3 is 0 Å². The highest BCUT2D eigenvalue weighted by Crippen LogP contribution is 2.30. The SMILES string of the molecule is CC(C)c1ccc2c(c1)C(=O)N(C1CCC(O)NC1=O)C2=O. The number of nitrogens with one attached hydrogen (secondary N) is 1. The van der Waals surface area contributed by atoms with Gasteiger partial charge in [-0.1, -0.05) is 19.9 Å². The first-order valence-electron chi connectivity index (χ1n) is 7.40. The molecule has 3 rings (SSSR count). The summed E-state index contributed by atoms with van der Waals surface area (Å²) in [7, 11) is 0. The molecule has 2 aliphatic rings. The maximum atomic E-state index is 12.6. The molecule has 3 amide bonds. The number of hydrogen-bond acceptors (Lipinski definition) is 4. The van der Waals surface area contributed by atoms with Crippen LogP contribution in [0.5, 0.6) is 0 Å². The third-order valence-corrected chi connectivity index (χ3v) is 4.25. The Labute approximate surface area is 128 Å². The average Bonchev–Trinajstić information content (AvgIpc) is 2.71. The van der Waals surface area contributed by atoms with Crippen molar-refractivity contribution in [1.29, 1.82) is 0 Å². The van der Waals surface area contributed by atoms with Gasteiger partial charge in [-0.2, -0.15) is 0 Å². The Morgan fingerprint density at radius 1 is 1.14 bits per heavy atom. The smallest absolute Gasteiger partial charge is 0.262 e. The second-order valence-corrected chi connectivity index (χ2v) is 6.06. The van der Waals surface area contributed by atoms with E-state index in [2.05, 4.69) is 5.32 Å². The van der Waals surface area contributed by atoms with Crippen LogP contribution in [-0.4, -0.2) is 40.0 Å². The van der Waals surface area contributed by atoms with Crippen LogP contribution in [-0.2, 0) is 4.79 Å². The molecule has 2 heterocycles. The lowest BCUT2D eigenvalue weighted by molar-refractivity contribution is -0.131. The summed E-state index contributed by atoms with van der Waals surface area (Å²) in [5.41, 5.74) is 1.67. The molecule has 6 heteroatoms. The van der Waals surface area contributed by atoms with Gasteiger partial charge < -0.3 is 10.4 Å². The summed E-state index contributed by atoms with van der Waals surface area (Å²) in [5.74, 6) is -1.11. The van der Waals surface area contributed by atoms with E-state index in [0.717, 1.165) is 10.5 Å². The molecule has 22 heavy (non-hydrogen) atoms. The first-order chi connectivity index (χ1) is 10.4. The summed E-state index contributed by atoms with van der Waals surface area (Å²) in [6.07, 6.45) is -0.317. The minimum Gasteiger partial charge on any atom is -0.374 e. The van der Waals surface area contributed by atoms with Gasteiger partial charge in [-0.15, -0.1) is 0 Å². The number of carbonyl (C=O) groups excluding carboxylic acids is 3. The lowest BCUT2D eigenvalue weighted by Crippen LogP contribution is -2.55. The third kappa shape index (κ3) is 2.20. The Bertz CT molecular complexity index is 668. The minimum atomic E-state index is -0.911. The van der Waals surface area contributed by atoms with Crippen LogP contribution in [0.3, 0.4) is 0 Å². The molecule has 2 atom stereocenters. The van der Waals surface area contributed by atoms with Crippen LogP contribution < -0.4 is 5.32 Å². The van der Waals surface area contributed by atoms with Crippen LogP contribution >= 0.6 is 0 Å². The first kappa shape index (κ1) is 14.7. The molecule has 1 aromatic rings. The molecule has 0 radical (unpaired) electrons. The molecule has 0 spiro atoms. The number of imide groups is 1. The number of amides is 3. The van der Waals surface area contributed by atoms with Gasteiger partial charge in [0, 0.05) is 0 Å². The summed E-state index contributed by atoms with van der Waals surface area (Å²) in [6.45, 7) is 4.02. The Kier molecular flexibility index (Phi) is 3.48. The van der Waals surface area contributed by atoms with E-state index in [4.69, 9.17) is 0 Å². The summed E-state index contributed by atoms with van der Waals surface area (Å²) < 4.78 is 0. The number of aliphatic hydroxyl groups excluding tert-OH is 1. The second-order valence-electron chi connectivity index (χ2n) is 6.06. The van der Waals surface area contributed by atoms with Crippen molar-refractivity contribution in [3.8, 4) is 0 Å². The maximum Gasteiger partial charge on any atom is 0.262 e. The van der Waals surface area contributed by atoms with E-state index >= 15 is 0 Å². The van der Waals surface area contributed by atoms with Crippen LogP contribution in [0.1, 0.15) is 58.9 Å². The molecule has 0 aliphatic carbocycles. The standard InChI is InChI=1S/C16H18N2O4/c1-8(2)9-3-4-10-11(7-9)16(22)18(15(10)21)12-5-6-13(19)17-14(12)20/h3-4,7-8,12-13,19H,5-6H2,1-2H3,(H,17,20). The van der Waals surface area contributed by atoms with Gasteiger partial charge in [0.25, 0.3) is 11.8 Å². The maximum absolute atomic E-state index is 12.6. The van der Waals surface area contributed by atoms with Crippen molar-refractivity contribution >= 4 is 17.7 Å². The molecular weight excluding hydrogens is 284 g/mol. The summed E-state index contributed by atoms with van der Waals surface area (Å²) >= 11 is 0. The van der Waals surface area contributed by atoms with Crippen molar-refractivity contribution in [2.24, 2.45) is 0 Å². The van der Waals surface area contributed by atoms with Gasteiger partial charge in [0.2, 0.25) is 5.91 Å². The zero-order chi connectivity index (χ0) is 16.0. The quantitative estimate of drug-likeness (QED) is 0.798. The third-order valence-electron chi connectivity index (χ3n) is 4.25. The molecule has 2 N–H and O–H groups in total. The topological polar surface area (TPSA) is 86.7 Å². The minimum absolute atomic E-state index is 0.246. The van der Waals surface area contributed by atoms with Crippen LogP contribution in [0, 0.1) is 0 Å². The number of hydrogen-bond donors (Lipinski definition) is 2. The van der Waals surface area contributed by atoms with Crippen LogP contribution in [0.15, 0.2) is 18.2 Å². The summed E-state index contributed by atoms with van der Waals surface area (Å²) in [4.78, 5) is 38.1. The lowest BCUT2D eigenvalue weighted by atomic mass is 9.98. The molecule has 0 saturated carbocycles. The van der Waals surface area contributed by atoms with E-state index in [1.54, 1.807) is 12.1 Å². The fraction of sp³-hybridized carbons (Fsp3) is 0.438. The highest BCUT2D eigenvalue weighted by molar-refractivity contribution is 6.23. The monoisotopic (exact) mass is 302 g/mol. The molecular formula is C16H18N2O4. The average molecular weight is 302 g/mol. The van der Waals surface area contributed by atoms with E-state index < -0.39 is 30.0 Å². The van der Waals surface area contributed by atoms with E-state index in [0.29, 0.717) is 17.5 Å². The number of benzene rings is 1. The number of nitrogens with zero attached hydrogens (tertiary/aromatic N) is 1. The fourth-order valence-electron chi connectivity index (χ4n) is 2.95. The second kappa shape index (κ2) is 5.21. The molecule has 2 aliphatic heterocycles. The van der Waals surface area contributed by atoms with Gasteiger partial charge in [0.15, 0.2) is 0 Å². The molecule has 2 unspecified atom stereocenters. The van der Waals surface area contributed by atoms with E-state index in [-0.39, 0.29) is 12.3 Å². The van der Waals surface area contributed by atoms with Gasteiger partial charge in [0.05, 0.1) is 11.1 Å². The van der Waals surface area contributed by atoms with Gasteiger partial charge in [0.1, 0.15) is 12.3 Å². The zero-order valence-electron chi connectivity index (χ0n) is 12.5. The van der Waals surface area contributed by atoms with Crippen molar-refractivity contribution in [2.75, 3.05) is 0 Å². The van der Waals surface area contributed by atoms with Crippen LogP contribution in [0.2, 0.25) is 0 Å². The largest absolute Gasteiger partial charge is 0.374 e. The molecule has 116 valence electrons. The van der Waals surface area contributed by atoms with Crippen molar-refractivity contribution in [1.82, 2.24) is 10.2 Å². The normalized spacial score (nSPS) is 24.7. The van der Waals surface area contributed by atoms with Crippen molar-refractivity contribution in [2.45, 2.75) is 44.9 Å². The first-order valence-corrected chi connectivity index (χ1v) is 7.40. The number of rotatable bonds is 2. The van der Waals surface area contributed by atoms with E-state index in [1.165, 1.54) is 0 Å². The number of aliphatic hydroxyl groups is 1. The number of piperidine rings is 1. The number of carbonyl (C=O) groups is 3. The van der Waals surface area contributed by atoms with Crippen molar-refractivity contribution < 1.29 is 19.5 Å². The van der Waals surface area contributed by atoms with E-state index in [1.807, 2.05) is 19.9 Å². The fourth-order valence-corrected chi connectivity index (χ4v) is 2.95. The predicted molar refractivity (Wildman–Crippen MR) is 78.2 cm³/mol. The Morgan fingerprint density at radius 3 is 2.45 bits per heavy atom. The molecule has 6 nitrogen and oxygen atoms in total. The Morgan fingerprint density at radius 2 is 1.82 bits per heavy atom. The van der Waals surface area contributed by atoms with Gasteiger partial charge in [-0.3, -0.25) is 19.3 Å². The van der Waals surface area contributed by atoms with Crippen molar-refractivity contribution in [3.63, 3.8) is 0 Å². The van der Waals surface area contributed by atoms with Crippen LogP contribution in [0.25, 0.3) is 0 Å². The zero-order valence-corrected chi connectivity index (χ0v) is 12.5. The Balaban J connectivity index is 1.95. The van der Waals surface area contributed by atoms with E-state index in [9.17, 15) is 19.5 Å². The number of fused-ring (bicyclic) bond motifs is 1. The predicted octanol–water partition coefficient (Wildman–Crippen LogP) is 1.00. The molecule has 0 aromatic heterocycles. The van der Waals surface area contributed by atoms with Gasteiger partial charge in [-0.05, 0) is 36.5 Å². The summed E-state index contributed by atoms with van der Waals surface area (Å²) in [5, 5.41) is 11.8. The lowest BCUT2D eigenvalue weighted by Gasteiger charge is -2.31. The summed E-state index contributed by atoms with van der Waals surface area (Å²) in [6, 6.07) is 4.37. The Hall–Kier alpha value is -2.21. The van der Waals surface area contributed by atoms with Crippen LogP contribution in [0.4, 0.5) is 0 Å². The molecule has 1 saturated heterocycles. The highest BCUT2D eigenvalue weighted by atomic mass is 16.3. The molecule has 1 fully saturated rings.